The summed E-state index contributed by atoms with van der Waals surface area (Å²) in [6.45, 7) is 5.24. The standard InChI is InChI=1S/C15H21BrN2O2/c1-15(2)9-11(7-8-20-15)17-10-14(19)18-13-6-4-3-5-12(13)16/h3-6,11,17H,7-10H2,1-2H3,(H,18,19). The van der Waals surface area contributed by atoms with Gasteiger partial charge in [-0.3, -0.25) is 4.79 Å². The highest BCUT2D eigenvalue weighted by Gasteiger charge is 2.28. The van der Waals surface area contributed by atoms with Crippen LogP contribution in [0.5, 0.6) is 0 Å². The Hall–Kier alpha value is -0.910. The summed E-state index contributed by atoms with van der Waals surface area (Å²) in [5.41, 5.74) is 0.695. The summed E-state index contributed by atoms with van der Waals surface area (Å²) in [5.74, 6) is -0.0267. The van der Waals surface area contributed by atoms with Crippen LogP contribution in [-0.4, -0.2) is 30.7 Å². The average molecular weight is 341 g/mol. The third-order valence-corrected chi connectivity index (χ3v) is 4.09. The monoisotopic (exact) mass is 340 g/mol. The van der Waals surface area contributed by atoms with Gasteiger partial charge in [0, 0.05) is 17.1 Å². The number of hydrogen-bond donors (Lipinski definition) is 2. The van der Waals surface area contributed by atoms with Gasteiger partial charge in [-0.1, -0.05) is 12.1 Å². The van der Waals surface area contributed by atoms with Crippen LogP contribution in [0.4, 0.5) is 5.69 Å². The van der Waals surface area contributed by atoms with Crippen LogP contribution < -0.4 is 10.6 Å². The van der Waals surface area contributed by atoms with E-state index >= 15 is 0 Å². The molecule has 4 nitrogen and oxygen atoms in total. The number of ether oxygens (including phenoxy) is 1. The molecule has 1 atom stereocenters. The summed E-state index contributed by atoms with van der Waals surface area (Å²) < 4.78 is 6.56. The SMILES string of the molecule is CC1(C)CC(NCC(=O)Nc2ccccc2Br)CCO1. The van der Waals surface area contributed by atoms with Gasteiger partial charge in [-0.2, -0.15) is 0 Å². The molecule has 2 N–H and O–H groups in total. The molecular weight excluding hydrogens is 320 g/mol. The molecule has 0 saturated carbocycles. The predicted octanol–water partition coefficient (Wildman–Crippen LogP) is 2.93. The topological polar surface area (TPSA) is 50.4 Å². The fraction of sp³-hybridized carbons (Fsp3) is 0.533. The van der Waals surface area contributed by atoms with Crippen LogP contribution in [0.2, 0.25) is 0 Å². The zero-order valence-corrected chi connectivity index (χ0v) is 13.5. The highest BCUT2D eigenvalue weighted by atomic mass is 79.9. The molecule has 0 radical (unpaired) electrons. The van der Waals surface area contributed by atoms with Crippen LogP contribution in [0.15, 0.2) is 28.7 Å². The summed E-state index contributed by atoms with van der Waals surface area (Å²) in [6.07, 6.45) is 1.88. The van der Waals surface area contributed by atoms with Crippen LogP contribution in [0.25, 0.3) is 0 Å². The molecule has 1 aromatic rings. The molecule has 0 spiro atoms. The molecule has 110 valence electrons. The van der Waals surface area contributed by atoms with Gasteiger partial charge in [0.1, 0.15) is 0 Å². The Kier molecular flexibility index (Phi) is 5.18. The Labute approximate surface area is 128 Å². The average Bonchev–Trinajstić information content (AvgIpc) is 2.38. The second-order valence-corrected chi connectivity index (χ2v) is 6.56. The largest absolute Gasteiger partial charge is 0.375 e. The summed E-state index contributed by atoms with van der Waals surface area (Å²) in [4.78, 5) is 11.9. The van der Waals surface area contributed by atoms with Crippen molar-refractivity contribution in [2.45, 2.75) is 38.3 Å². The van der Waals surface area contributed by atoms with Crippen molar-refractivity contribution in [3.05, 3.63) is 28.7 Å². The summed E-state index contributed by atoms with van der Waals surface area (Å²) in [6, 6.07) is 7.93. The minimum Gasteiger partial charge on any atom is -0.375 e. The third kappa shape index (κ3) is 4.58. The van der Waals surface area contributed by atoms with Crippen molar-refractivity contribution in [1.82, 2.24) is 5.32 Å². The van der Waals surface area contributed by atoms with Gasteiger partial charge in [0.2, 0.25) is 5.91 Å². The molecule has 5 heteroatoms. The fourth-order valence-corrected chi connectivity index (χ4v) is 2.78. The van der Waals surface area contributed by atoms with Crippen LogP contribution in [0.1, 0.15) is 26.7 Å². The number of carbonyl (C=O) groups is 1. The number of para-hydroxylation sites is 1. The van der Waals surface area contributed by atoms with E-state index in [4.69, 9.17) is 4.74 Å². The maximum atomic E-state index is 11.9. The number of nitrogens with one attached hydrogen (secondary N) is 2. The minimum absolute atomic E-state index is 0.0267. The first-order chi connectivity index (χ1) is 9.46. The molecule has 1 saturated heterocycles. The van der Waals surface area contributed by atoms with Crippen molar-refractivity contribution >= 4 is 27.5 Å². The number of hydrogen-bond acceptors (Lipinski definition) is 3. The maximum Gasteiger partial charge on any atom is 0.238 e. The zero-order chi connectivity index (χ0) is 14.6. The van der Waals surface area contributed by atoms with Crippen molar-refractivity contribution < 1.29 is 9.53 Å². The lowest BCUT2D eigenvalue weighted by molar-refractivity contribution is -0.116. The van der Waals surface area contributed by atoms with Crippen LogP contribution in [-0.2, 0) is 9.53 Å². The summed E-state index contributed by atoms with van der Waals surface area (Å²) in [5, 5.41) is 6.20. The lowest BCUT2D eigenvalue weighted by Gasteiger charge is -2.35. The molecule has 1 aliphatic heterocycles. The maximum absolute atomic E-state index is 11.9. The van der Waals surface area contributed by atoms with Gasteiger partial charge in [-0.25, -0.2) is 0 Å². The number of benzene rings is 1. The highest BCUT2D eigenvalue weighted by molar-refractivity contribution is 9.10. The Morgan fingerprint density at radius 1 is 1.45 bits per heavy atom. The Morgan fingerprint density at radius 2 is 2.20 bits per heavy atom. The number of anilines is 1. The first-order valence-corrected chi connectivity index (χ1v) is 7.67. The molecule has 1 amide bonds. The summed E-state index contributed by atoms with van der Waals surface area (Å²) >= 11 is 3.42. The van der Waals surface area contributed by atoms with Crippen molar-refractivity contribution in [2.24, 2.45) is 0 Å². The van der Waals surface area contributed by atoms with Crippen LogP contribution >= 0.6 is 15.9 Å². The number of halogens is 1. The van der Waals surface area contributed by atoms with Gasteiger partial charge in [0.25, 0.3) is 0 Å². The number of carbonyl (C=O) groups excluding carboxylic acids is 1. The van der Waals surface area contributed by atoms with E-state index in [2.05, 4.69) is 40.4 Å². The van der Waals surface area contributed by atoms with Gasteiger partial charge in [0.15, 0.2) is 0 Å². The smallest absolute Gasteiger partial charge is 0.238 e. The molecule has 1 fully saturated rings. The first kappa shape index (κ1) is 15.5. The normalized spacial score (nSPS) is 21.4. The predicted molar refractivity (Wildman–Crippen MR) is 83.8 cm³/mol. The number of rotatable bonds is 4. The second kappa shape index (κ2) is 6.70. The van der Waals surface area contributed by atoms with Gasteiger partial charge in [-0.15, -0.1) is 0 Å². The third-order valence-electron chi connectivity index (χ3n) is 3.40. The molecular formula is C15H21BrN2O2. The van der Waals surface area contributed by atoms with Gasteiger partial charge >= 0.3 is 0 Å². The quantitative estimate of drug-likeness (QED) is 0.885. The van der Waals surface area contributed by atoms with E-state index in [1.165, 1.54) is 0 Å². The molecule has 0 aliphatic carbocycles. The molecule has 2 rings (SSSR count). The molecule has 1 aliphatic rings. The number of amides is 1. The summed E-state index contributed by atoms with van der Waals surface area (Å²) in [7, 11) is 0. The van der Waals surface area contributed by atoms with Crippen molar-refractivity contribution in [1.29, 1.82) is 0 Å². The van der Waals surface area contributed by atoms with Gasteiger partial charge < -0.3 is 15.4 Å². The van der Waals surface area contributed by atoms with Crippen LogP contribution in [0, 0.1) is 0 Å². The van der Waals surface area contributed by atoms with Gasteiger partial charge in [0.05, 0.1) is 17.8 Å². The lowest BCUT2D eigenvalue weighted by atomic mass is 9.94. The second-order valence-electron chi connectivity index (χ2n) is 5.71. The minimum atomic E-state index is -0.102. The Bertz CT molecular complexity index is 477. The van der Waals surface area contributed by atoms with E-state index in [0.29, 0.717) is 12.6 Å². The molecule has 0 bridgehead atoms. The molecule has 1 aromatic carbocycles. The first-order valence-electron chi connectivity index (χ1n) is 6.88. The lowest BCUT2D eigenvalue weighted by Crippen LogP contribution is -2.45. The van der Waals surface area contributed by atoms with Crippen LogP contribution in [0.3, 0.4) is 0 Å². The molecule has 0 aromatic heterocycles. The Morgan fingerprint density at radius 3 is 2.90 bits per heavy atom. The van der Waals surface area contributed by atoms with E-state index in [1.807, 2.05) is 24.3 Å². The van der Waals surface area contributed by atoms with E-state index in [9.17, 15) is 4.79 Å². The van der Waals surface area contributed by atoms with E-state index < -0.39 is 0 Å². The van der Waals surface area contributed by atoms with E-state index in [-0.39, 0.29) is 11.5 Å². The zero-order valence-electron chi connectivity index (χ0n) is 11.9. The van der Waals surface area contributed by atoms with Crippen molar-refractivity contribution in [2.75, 3.05) is 18.5 Å². The van der Waals surface area contributed by atoms with E-state index in [1.54, 1.807) is 0 Å². The fourth-order valence-electron chi connectivity index (χ4n) is 2.40. The van der Waals surface area contributed by atoms with Crippen molar-refractivity contribution in [3.63, 3.8) is 0 Å². The van der Waals surface area contributed by atoms with Crippen molar-refractivity contribution in [3.8, 4) is 0 Å². The van der Waals surface area contributed by atoms with Gasteiger partial charge in [-0.05, 0) is 54.8 Å². The molecule has 20 heavy (non-hydrogen) atoms. The Balaban J connectivity index is 1.79. The van der Waals surface area contributed by atoms with E-state index in [0.717, 1.165) is 29.6 Å². The molecule has 1 unspecified atom stereocenters. The highest BCUT2D eigenvalue weighted by Crippen LogP contribution is 2.24. The molecule has 1 heterocycles.